The third-order valence-electron chi connectivity index (χ3n) is 4.63. The van der Waals surface area contributed by atoms with Gasteiger partial charge in [0.1, 0.15) is 6.33 Å². The predicted molar refractivity (Wildman–Crippen MR) is 114 cm³/mol. The smallest absolute Gasteiger partial charge is 0.353 e. The standard InChI is InChI=1S/C22H19N5O2/c1-15-9-11-16(12-10-15)13-23-21-20(27(28)29)22(25-14-24-21)26-19-8-4-6-17-5-2-3-7-18(17)19/h2-12,14H,13H2,1H3,(H2,23,24,25,26). The number of aromatic nitrogens is 2. The van der Waals surface area contributed by atoms with Gasteiger partial charge in [0, 0.05) is 17.6 Å². The number of benzene rings is 3. The molecule has 7 nitrogen and oxygen atoms in total. The number of anilines is 3. The summed E-state index contributed by atoms with van der Waals surface area (Å²) in [6, 6.07) is 21.5. The Morgan fingerprint density at radius 1 is 0.931 bits per heavy atom. The Hall–Kier alpha value is -4.00. The second-order valence-corrected chi connectivity index (χ2v) is 6.67. The van der Waals surface area contributed by atoms with E-state index >= 15 is 0 Å². The first-order chi connectivity index (χ1) is 14.1. The monoisotopic (exact) mass is 385 g/mol. The molecule has 0 aliphatic rings. The first-order valence-corrected chi connectivity index (χ1v) is 9.15. The predicted octanol–water partition coefficient (Wildman–Crippen LogP) is 5.20. The molecule has 0 fully saturated rings. The van der Waals surface area contributed by atoms with Gasteiger partial charge in [-0.15, -0.1) is 0 Å². The van der Waals surface area contributed by atoms with Gasteiger partial charge >= 0.3 is 5.69 Å². The number of nitrogens with zero attached hydrogens (tertiary/aromatic N) is 3. The quantitative estimate of drug-likeness (QED) is 0.350. The second-order valence-electron chi connectivity index (χ2n) is 6.67. The average molecular weight is 385 g/mol. The number of nitrogens with one attached hydrogen (secondary N) is 2. The van der Waals surface area contributed by atoms with E-state index in [0.29, 0.717) is 6.54 Å². The molecule has 29 heavy (non-hydrogen) atoms. The van der Waals surface area contributed by atoms with Crippen molar-refractivity contribution in [2.24, 2.45) is 0 Å². The summed E-state index contributed by atoms with van der Waals surface area (Å²) < 4.78 is 0. The molecule has 0 aliphatic carbocycles. The molecule has 0 atom stereocenters. The SMILES string of the molecule is Cc1ccc(CNc2ncnc(Nc3cccc4ccccc34)c2[N+](=O)[O-])cc1. The van der Waals surface area contributed by atoms with Crippen molar-refractivity contribution in [3.63, 3.8) is 0 Å². The van der Waals surface area contributed by atoms with Crippen molar-refractivity contribution < 1.29 is 4.92 Å². The Morgan fingerprint density at radius 2 is 1.66 bits per heavy atom. The van der Waals surface area contributed by atoms with Crippen LogP contribution in [0.2, 0.25) is 0 Å². The Labute approximate surface area is 167 Å². The maximum Gasteiger partial charge on any atom is 0.353 e. The zero-order valence-electron chi connectivity index (χ0n) is 15.8. The van der Waals surface area contributed by atoms with Crippen LogP contribution in [0.5, 0.6) is 0 Å². The zero-order chi connectivity index (χ0) is 20.2. The second kappa shape index (κ2) is 7.93. The summed E-state index contributed by atoms with van der Waals surface area (Å²) in [5, 5.41) is 20.0. The minimum Gasteiger partial charge on any atom is -0.360 e. The van der Waals surface area contributed by atoms with Gasteiger partial charge in [-0.2, -0.15) is 0 Å². The minimum atomic E-state index is -0.467. The van der Waals surface area contributed by atoms with Crippen LogP contribution < -0.4 is 10.6 Å². The Morgan fingerprint density at radius 3 is 2.45 bits per heavy atom. The molecule has 4 rings (SSSR count). The summed E-state index contributed by atoms with van der Waals surface area (Å²) in [6.45, 7) is 2.43. The number of nitro groups is 1. The van der Waals surface area contributed by atoms with Crippen LogP contribution >= 0.6 is 0 Å². The summed E-state index contributed by atoms with van der Waals surface area (Å²) >= 11 is 0. The van der Waals surface area contributed by atoms with Crippen molar-refractivity contribution in [2.75, 3.05) is 10.6 Å². The zero-order valence-corrected chi connectivity index (χ0v) is 15.8. The lowest BCUT2D eigenvalue weighted by Crippen LogP contribution is -2.08. The van der Waals surface area contributed by atoms with Crippen LogP contribution in [0.3, 0.4) is 0 Å². The highest BCUT2D eigenvalue weighted by Gasteiger charge is 2.23. The molecular weight excluding hydrogens is 366 g/mol. The molecule has 2 N–H and O–H groups in total. The summed E-state index contributed by atoms with van der Waals surface area (Å²) in [5.41, 5.74) is 2.72. The van der Waals surface area contributed by atoms with E-state index in [1.807, 2.05) is 73.7 Å². The summed E-state index contributed by atoms with van der Waals surface area (Å²) in [5.74, 6) is 0.320. The largest absolute Gasteiger partial charge is 0.360 e. The summed E-state index contributed by atoms with van der Waals surface area (Å²) in [7, 11) is 0. The van der Waals surface area contributed by atoms with E-state index in [1.54, 1.807) is 0 Å². The third-order valence-corrected chi connectivity index (χ3v) is 4.63. The Kier molecular flexibility index (Phi) is 5.03. The van der Waals surface area contributed by atoms with E-state index < -0.39 is 4.92 Å². The topological polar surface area (TPSA) is 93.0 Å². The van der Waals surface area contributed by atoms with Gasteiger partial charge in [0.15, 0.2) is 0 Å². The maximum absolute atomic E-state index is 11.8. The van der Waals surface area contributed by atoms with E-state index in [2.05, 4.69) is 20.6 Å². The fraction of sp³-hybridized carbons (Fsp3) is 0.0909. The van der Waals surface area contributed by atoms with Crippen LogP contribution in [0.1, 0.15) is 11.1 Å². The molecule has 1 heterocycles. The molecule has 0 unspecified atom stereocenters. The normalized spacial score (nSPS) is 10.7. The first kappa shape index (κ1) is 18.4. The van der Waals surface area contributed by atoms with Gasteiger partial charge < -0.3 is 10.6 Å². The average Bonchev–Trinajstić information content (AvgIpc) is 2.73. The molecule has 7 heteroatoms. The lowest BCUT2D eigenvalue weighted by atomic mass is 10.1. The van der Waals surface area contributed by atoms with Crippen molar-refractivity contribution in [3.05, 3.63) is 94.3 Å². The van der Waals surface area contributed by atoms with Crippen molar-refractivity contribution in [1.29, 1.82) is 0 Å². The molecule has 3 aromatic carbocycles. The number of fused-ring (bicyclic) bond motifs is 1. The fourth-order valence-corrected chi connectivity index (χ4v) is 3.13. The molecule has 0 radical (unpaired) electrons. The van der Waals surface area contributed by atoms with E-state index in [-0.39, 0.29) is 17.3 Å². The van der Waals surface area contributed by atoms with E-state index in [0.717, 1.165) is 27.6 Å². The molecule has 144 valence electrons. The number of hydrogen-bond donors (Lipinski definition) is 2. The molecule has 1 aromatic heterocycles. The van der Waals surface area contributed by atoms with Gasteiger partial charge in [0.05, 0.1) is 4.92 Å². The van der Waals surface area contributed by atoms with Crippen LogP contribution in [0.4, 0.5) is 23.0 Å². The lowest BCUT2D eigenvalue weighted by Gasteiger charge is -2.12. The summed E-state index contributed by atoms with van der Waals surface area (Å²) in [4.78, 5) is 19.5. The van der Waals surface area contributed by atoms with Crippen molar-refractivity contribution in [1.82, 2.24) is 9.97 Å². The molecular formula is C22H19N5O2. The van der Waals surface area contributed by atoms with Gasteiger partial charge in [0.2, 0.25) is 11.6 Å². The first-order valence-electron chi connectivity index (χ1n) is 9.15. The van der Waals surface area contributed by atoms with Crippen LogP contribution in [0, 0.1) is 17.0 Å². The van der Waals surface area contributed by atoms with Crippen LogP contribution in [0.25, 0.3) is 10.8 Å². The van der Waals surface area contributed by atoms with Gasteiger partial charge in [-0.05, 0) is 23.9 Å². The molecule has 0 spiro atoms. The number of aryl methyl sites for hydroxylation is 1. The van der Waals surface area contributed by atoms with Crippen molar-refractivity contribution >= 4 is 33.8 Å². The minimum absolute atomic E-state index is 0.146. The van der Waals surface area contributed by atoms with Gasteiger partial charge in [-0.1, -0.05) is 66.2 Å². The molecule has 0 saturated heterocycles. The molecule has 0 aliphatic heterocycles. The molecule has 0 bridgehead atoms. The fourth-order valence-electron chi connectivity index (χ4n) is 3.13. The van der Waals surface area contributed by atoms with Gasteiger partial charge in [-0.3, -0.25) is 10.1 Å². The van der Waals surface area contributed by atoms with Gasteiger partial charge in [-0.25, -0.2) is 9.97 Å². The highest BCUT2D eigenvalue weighted by atomic mass is 16.6. The molecule has 4 aromatic rings. The van der Waals surface area contributed by atoms with Crippen LogP contribution in [-0.4, -0.2) is 14.9 Å². The molecule has 0 amide bonds. The van der Waals surface area contributed by atoms with E-state index in [4.69, 9.17) is 0 Å². The van der Waals surface area contributed by atoms with Crippen LogP contribution in [0.15, 0.2) is 73.1 Å². The van der Waals surface area contributed by atoms with E-state index in [1.165, 1.54) is 6.33 Å². The lowest BCUT2D eigenvalue weighted by molar-refractivity contribution is -0.383. The number of hydrogen-bond acceptors (Lipinski definition) is 6. The summed E-state index contributed by atoms with van der Waals surface area (Å²) in [6.07, 6.45) is 1.32. The van der Waals surface area contributed by atoms with Gasteiger partial charge in [0.25, 0.3) is 0 Å². The highest BCUT2D eigenvalue weighted by molar-refractivity contribution is 5.96. The third kappa shape index (κ3) is 3.98. The van der Waals surface area contributed by atoms with Crippen molar-refractivity contribution in [2.45, 2.75) is 13.5 Å². The Balaban J connectivity index is 1.66. The number of rotatable bonds is 6. The molecule has 0 saturated carbocycles. The highest BCUT2D eigenvalue weighted by Crippen LogP contribution is 2.33. The van der Waals surface area contributed by atoms with Crippen molar-refractivity contribution in [3.8, 4) is 0 Å². The Bertz CT molecular complexity index is 1170. The van der Waals surface area contributed by atoms with E-state index in [9.17, 15) is 10.1 Å². The maximum atomic E-state index is 11.8. The van der Waals surface area contributed by atoms with Crippen LogP contribution in [-0.2, 0) is 6.54 Å².